The molecular weight excluding hydrogens is 513 g/mol. The fourth-order valence-corrected chi connectivity index (χ4v) is 4.98. The molecule has 11 nitrogen and oxygen atoms in total. The Kier molecular flexibility index (Phi) is 7.49. The lowest BCUT2D eigenvalue weighted by atomic mass is 9.84. The maximum atomic E-state index is 14.4. The molecule has 1 aliphatic carbocycles. The maximum absolute atomic E-state index is 14.4. The van der Waals surface area contributed by atoms with Gasteiger partial charge in [0, 0.05) is 31.4 Å². The van der Waals surface area contributed by atoms with Crippen molar-refractivity contribution in [2.45, 2.75) is 63.3 Å². The first-order chi connectivity index (χ1) is 19.1. The van der Waals surface area contributed by atoms with E-state index in [0.29, 0.717) is 28.6 Å². The number of aromatic nitrogens is 6. The van der Waals surface area contributed by atoms with Crippen LogP contribution in [0.3, 0.4) is 0 Å². The second-order valence-corrected chi connectivity index (χ2v) is 10.9. The Labute approximate surface area is 231 Å². The molecule has 1 saturated carbocycles. The second kappa shape index (κ2) is 11.0. The van der Waals surface area contributed by atoms with E-state index in [4.69, 9.17) is 0 Å². The number of anilines is 1. The van der Waals surface area contributed by atoms with E-state index in [2.05, 4.69) is 37.1 Å². The lowest BCUT2D eigenvalue weighted by Crippen LogP contribution is -2.42. The standard InChI is InChI=1S/C28H32FN9O2/c1-28(2,40)26(29)15-32-27(39)21-14-31-23(25-9-8-20-10-17(12-30)13-33-38(20)25)11-22(21)34-19-6-4-18(5-7-19)24-16-37(3)36-35-24/h8-11,13-14,16,18-19,26,40H,4-7,15H2,1-3H3,(H,31,34)(H,32,39)/t18-,19-,26-/m1/s1. The molecule has 1 fully saturated rings. The van der Waals surface area contributed by atoms with Crippen LogP contribution < -0.4 is 10.6 Å². The molecule has 0 aliphatic heterocycles. The van der Waals surface area contributed by atoms with E-state index in [-0.39, 0.29) is 18.2 Å². The molecule has 208 valence electrons. The Morgan fingerprint density at radius 2 is 2.02 bits per heavy atom. The molecule has 1 amide bonds. The topological polar surface area (TPSA) is 146 Å². The van der Waals surface area contributed by atoms with Crippen molar-refractivity contribution in [2.75, 3.05) is 11.9 Å². The van der Waals surface area contributed by atoms with Crippen LogP contribution in [-0.4, -0.2) is 65.0 Å². The summed E-state index contributed by atoms with van der Waals surface area (Å²) in [6.07, 6.45) is 6.89. The zero-order chi connectivity index (χ0) is 28.4. The normalized spacial score (nSPS) is 18.3. The SMILES string of the molecule is Cn1cc([C@H]2CC[C@H](Nc3cc(-c4ccc5cc(C#N)cnn45)ncc3C(=O)NC[C@@H](F)C(C)(C)O)CC2)nn1. The summed E-state index contributed by atoms with van der Waals surface area (Å²) in [5.41, 5.74) is 2.76. The molecule has 3 N–H and O–H groups in total. The summed E-state index contributed by atoms with van der Waals surface area (Å²) in [4.78, 5) is 17.7. The number of rotatable bonds is 8. The van der Waals surface area contributed by atoms with Gasteiger partial charge < -0.3 is 15.7 Å². The van der Waals surface area contributed by atoms with E-state index < -0.39 is 17.7 Å². The number of fused-ring (bicyclic) bond motifs is 1. The van der Waals surface area contributed by atoms with Crippen LogP contribution in [0.25, 0.3) is 16.9 Å². The van der Waals surface area contributed by atoms with E-state index in [1.54, 1.807) is 21.3 Å². The Balaban J connectivity index is 1.40. The van der Waals surface area contributed by atoms with Gasteiger partial charge in [0.15, 0.2) is 0 Å². The molecule has 0 saturated heterocycles. The summed E-state index contributed by atoms with van der Waals surface area (Å²) in [5.74, 6) is -0.152. The third-order valence-electron chi connectivity index (χ3n) is 7.37. The third-order valence-corrected chi connectivity index (χ3v) is 7.37. The molecule has 4 heterocycles. The number of hydrogen-bond acceptors (Lipinski definition) is 8. The van der Waals surface area contributed by atoms with Gasteiger partial charge in [0.1, 0.15) is 12.2 Å². The number of hydrogen-bond donors (Lipinski definition) is 3. The minimum atomic E-state index is -1.63. The predicted molar refractivity (Wildman–Crippen MR) is 146 cm³/mol. The van der Waals surface area contributed by atoms with Crippen LogP contribution in [0, 0.1) is 11.3 Å². The molecule has 0 spiro atoms. The largest absolute Gasteiger partial charge is 0.387 e. The van der Waals surface area contributed by atoms with Crippen molar-refractivity contribution in [1.29, 1.82) is 5.26 Å². The second-order valence-electron chi connectivity index (χ2n) is 10.9. The summed E-state index contributed by atoms with van der Waals surface area (Å²) >= 11 is 0. The van der Waals surface area contributed by atoms with Crippen LogP contribution in [0.15, 0.2) is 42.9 Å². The summed E-state index contributed by atoms with van der Waals surface area (Å²) in [6.45, 7) is 2.39. The highest BCUT2D eigenvalue weighted by atomic mass is 19.1. The molecule has 0 unspecified atom stereocenters. The highest BCUT2D eigenvalue weighted by Gasteiger charge is 2.28. The first kappa shape index (κ1) is 27.2. The molecule has 40 heavy (non-hydrogen) atoms. The van der Waals surface area contributed by atoms with Crippen molar-refractivity contribution in [3.63, 3.8) is 0 Å². The zero-order valence-electron chi connectivity index (χ0n) is 22.7. The molecule has 12 heteroatoms. The van der Waals surface area contributed by atoms with Gasteiger partial charge in [-0.2, -0.15) is 10.4 Å². The van der Waals surface area contributed by atoms with Crippen LogP contribution in [0.2, 0.25) is 0 Å². The Morgan fingerprint density at radius 1 is 1.25 bits per heavy atom. The van der Waals surface area contributed by atoms with Gasteiger partial charge in [-0.25, -0.2) is 8.91 Å². The van der Waals surface area contributed by atoms with E-state index in [1.165, 1.54) is 26.2 Å². The monoisotopic (exact) mass is 545 g/mol. The van der Waals surface area contributed by atoms with Gasteiger partial charge in [-0.3, -0.25) is 14.5 Å². The number of alkyl halides is 1. The maximum Gasteiger partial charge on any atom is 0.255 e. The Hall–Kier alpha value is -4.37. The highest BCUT2D eigenvalue weighted by Crippen LogP contribution is 2.34. The first-order valence-corrected chi connectivity index (χ1v) is 13.3. The number of carbonyl (C=O) groups is 1. The molecule has 1 aliphatic rings. The quantitative estimate of drug-likeness (QED) is 0.305. The molecule has 4 aromatic heterocycles. The van der Waals surface area contributed by atoms with Crippen LogP contribution in [0.5, 0.6) is 0 Å². The van der Waals surface area contributed by atoms with Gasteiger partial charge in [0.2, 0.25) is 0 Å². The molecule has 1 atom stereocenters. The number of carbonyl (C=O) groups excluding carboxylic acids is 1. The van der Waals surface area contributed by atoms with Crippen LogP contribution in [0.1, 0.15) is 67.1 Å². The number of amides is 1. The molecule has 5 rings (SSSR count). The Bertz CT molecular complexity index is 1560. The highest BCUT2D eigenvalue weighted by molar-refractivity contribution is 6.00. The Morgan fingerprint density at radius 3 is 2.70 bits per heavy atom. The number of nitriles is 1. The average molecular weight is 546 g/mol. The van der Waals surface area contributed by atoms with Crippen LogP contribution in [0.4, 0.5) is 10.1 Å². The number of nitrogens with zero attached hydrogens (tertiary/aromatic N) is 7. The summed E-state index contributed by atoms with van der Waals surface area (Å²) in [7, 11) is 1.86. The van der Waals surface area contributed by atoms with Crippen molar-refractivity contribution in [3.05, 3.63) is 59.7 Å². The van der Waals surface area contributed by atoms with Gasteiger partial charge in [-0.15, -0.1) is 5.10 Å². The van der Waals surface area contributed by atoms with Crippen molar-refractivity contribution >= 4 is 17.1 Å². The third kappa shape index (κ3) is 5.79. The van der Waals surface area contributed by atoms with Crippen LogP contribution >= 0.6 is 0 Å². The summed E-state index contributed by atoms with van der Waals surface area (Å²) in [5, 5.41) is 37.9. The smallest absolute Gasteiger partial charge is 0.255 e. The van der Waals surface area contributed by atoms with E-state index in [1.807, 2.05) is 25.4 Å². The molecular formula is C28H32FN9O2. The van der Waals surface area contributed by atoms with Gasteiger partial charge in [-0.1, -0.05) is 5.21 Å². The fraction of sp³-hybridized carbons (Fsp3) is 0.429. The molecule has 0 bridgehead atoms. The average Bonchev–Trinajstić information content (AvgIpc) is 3.57. The number of halogens is 1. The van der Waals surface area contributed by atoms with E-state index in [0.717, 1.165) is 36.9 Å². The summed E-state index contributed by atoms with van der Waals surface area (Å²) in [6, 6.07) is 9.45. The lowest BCUT2D eigenvalue weighted by Gasteiger charge is -2.29. The number of pyridine rings is 1. The van der Waals surface area contributed by atoms with Crippen molar-refractivity contribution < 1.29 is 14.3 Å². The predicted octanol–water partition coefficient (Wildman–Crippen LogP) is 3.37. The molecule has 0 radical (unpaired) electrons. The van der Waals surface area contributed by atoms with Gasteiger partial charge in [0.05, 0.1) is 57.8 Å². The first-order valence-electron chi connectivity index (χ1n) is 13.3. The molecule has 4 aromatic rings. The van der Waals surface area contributed by atoms with Gasteiger partial charge in [-0.05, 0) is 63.8 Å². The zero-order valence-corrected chi connectivity index (χ0v) is 22.7. The van der Waals surface area contributed by atoms with E-state index in [9.17, 15) is 19.6 Å². The number of aryl methyl sites for hydroxylation is 1. The van der Waals surface area contributed by atoms with Crippen molar-refractivity contribution in [1.82, 2.24) is 34.9 Å². The number of aliphatic hydroxyl groups is 1. The fourth-order valence-electron chi connectivity index (χ4n) is 4.98. The van der Waals surface area contributed by atoms with Gasteiger partial charge in [0.25, 0.3) is 5.91 Å². The minimum absolute atomic E-state index is 0.111. The van der Waals surface area contributed by atoms with Crippen molar-refractivity contribution in [3.8, 4) is 17.5 Å². The lowest BCUT2D eigenvalue weighted by molar-refractivity contribution is -0.00177. The molecule has 0 aromatic carbocycles. The number of nitrogens with one attached hydrogen (secondary N) is 2. The van der Waals surface area contributed by atoms with Crippen LogP contribution in [-0.2, 0) is 7.05 Å². The van der Waals surface area contributed by atoms with Crippen molar-refractivity contribution in [2.24, 2.45) is 7.05 Å². The summed E-state index contributed by atoms with van der Waals surface area (Å²) < 4.78 is 17.8. The van der Waals surface area contributed by atoms with Gasteiger partial charge >= 0.3 is 0 Å². The van der Waals surface area contributed by atoms with E-state index >= 15 is 0 Å². The minimum Gasteiger partial charge on any atom is -0.387 e.